The largest absolute Gasteiger partial charge is 0.376 e. The van der Waals surface area contributed by atoms with Crippen LogP contribution < -0.4 is 29.7 Å². The lowest BCUT2D eigenvalue weighted by Crippen LogP contribution is -2.39. The van der Waals surface area contributed by atoms with Crippen molar-refractivity contribution in [2.24, 2.45) is 0 Å². The smallest absolute Gasteiger partial charge is 0.192 e. The third kappa shape index (κ3) is 10.3. The first-order valence-corrected chi connectivity index (χ1v) is 29.0. The monoisotopic (exact) mass is 1050 g/mol. The number of nitrogens with zero attached hydrogens (tertiary/aromatic N) is 3. The number of fused-ring (bicyclic) bond motifs is 6. The molecule has 13 rings (SSSR count). The maximum Gasteiger partial charge on any atom is 0.192 e. The molecule has 3 heterocycles. The molecule has 6 heteroatoms. The molecule has 396 valence electrons. The van der Waals surface area contributed by atoms with Crippen LogP contribution in [0.5, 0.6) is 0 Å². The van der Waals surface area contributed by atoms with Crippen molar-refractivity contribution in [2.75, 3.05) is 16.0 Å². The van der Waals surface area contributed by atoms with Gasteiger partial charge in [-0.15, -0.1) is 0 Å². The Morgan fingerprint density at radius 3 is 0.728 bits per heavy atom. The molecule has 0 atom stereocenters. The molecular weight excluding hydrogens is 985 g/mol. The van der Waals surface area contributed by atoms with E-state index in [1.807, 2.05) is 0 Å². The van der Waals surface area contributed by atoms with Crippen LogP contribution in [0.1, 0.15) is 70.8 Å². The van der Waals surface area contributed by atoms with E-state index in [2.05, 4.69) is 288 Å². The van der Waals surface area contributed by atoms with E-state index < -0.39 is 0 Å². The lowest BCUT2D eigenvalue weighted by molar-refractivity contribution is -0.690. The molecule has 10 aromatic carbocycles. The zero-order valence-corrected chi connectivity index (χ0v) is 46.7. The van der Waals surface area contributed by atoms with E-state index in [9.17, 15) is 0 Å². The summed E-state index contributed by atoms with van der Waals surface area (Å²) in [6.07, 6.45) is 16.5. The van der Waals surface area contributed by atoms with E-state index in [1.165, 1.54) is 115 Å². The highest BCUT2D eigenvalue weighted by Gasteiger charge is 2.28. The average molecular weight is 1050 g/mol. The van der Waals surface area contributed by atoms with Gasteiger partial charge in [0.25, 0.3) is 0 Å². The highest BCUT2D eigenvalue weighted by molar-refractivity contribution is 6.04. The average Bonchev–Trinajstić information content (AvgIpc) is 3.52. The van der Waals surface area contributed by atoms with Gasteiger partial charge in [0.05, 0.1) is 17.1 Å². The summed E-state index contributed by atoms with van der Waals surface area (Å²) in [6.45, 7) is 11.5. The number of benzene rings is 10. The van der Waals surface area contributed by atoms with Crippen LogP contribution in [-0.4, -0.2) is 0 Å². The first kappa shape index (κ1) is 51.1. The molecule has 0 saturated carbocycles. The molecule has 3 N–H and O–H groups in total. The molecule has 0 fully saturated rings. The number of hydrogen-bond acceptors (Lipinski definition) is 3. The van der Waals surface area contributed by atoms with Crippen molar-refractivity contribution in [1.29, 1.82) is 0 Å². The molecule has 0 amide bonds. The summed E-state index contributed by atoms with van der Waals surface area (Å²) in [7, 11) is 0. The van der Waals surface area contributed by atoms with E-state index in [-0.39, 0.29) is 0 Å². The van der Waals surface area contributed by atoms with Gasteiger partial charge in [-0.3, -0.25) is 0 Å². The zero-order valence-electron chi connectivity index (χ0n) is 46.7. The van der Waals surface area contributed by atoms with E-state index in [0.717, 1.165) is 75.6 Å². The Labute approximate surface area is 475 Å². The molecule has 0 aliphatic heterocycles. The fourth-order valence-electron chi connectivity index (χ4n) is 13.1. The predicted molar refractivity (Wildman–Crippen MR) is 338 cm³/mol. The molecule has 0 aliphatic carbocycles. The first-order valence-electron chi connectivity index (χ1n) is 29.0. The van der Waals surface area contributed by atoms with Gasteiger partial charge in [-0.1, -0.05) is 166 Å². The summed E-state index contributed by atoms with van der Waals surface area (Å²) in [4.78, 5) is 0. The van der Waals surface area contributed by atoms with E-state index in [4.69, 9.17) is 0 Å². The van der Waals surface area contributed by atoms with E-state index >= 15 is 0 Å². The van der Waals surface area contributed by atoms with E-state index in [1.54, 1.807) is 0 Å². The molecule has 0 saturated heterocycles. The van der Waals surface area contributed by atoms with Crippen molar-refractivity contribution in [3.05, 3.63) is 287 Å². The van der Waals surface area contributed by atoms with Crippen LogP contribution in [0.4, 0.5) is 17.1 Å². The van der Waals surface area contributed by atoms with Gasteiger partial charge in [-0.2, -0.15) is 13.7 Å². The van der Waals surface area contributed by atoms with Gasteiger partial charge in [-0.05, 0) is 154 Å². The Hall–Kier alpha value is -9.39. The third-order valence-corrected chi connectivity index (χ3v) is 16.9. The van der Waals surface area contributed by atoms with Crippen LogP contribution in [0, 0.1) is 0 Å². The lowest BCUT2D eigenvalue weighted by atomic mass is 9.83. The van der Waals surface area contributed by atoms with Crippen molar-refractivity contribution in [3.8, 4) is 0 Å². The molecule has 3 aromatic heterocycles. The molecule has 6 nitrogen and oxygen atoms in total. The second kappa shape index (κ2) is 22.8. The Morgan fingerprint density at radius 2 is 0.494 bits per heavy atom. The molecule has 0 unspecified atom stereocenters. The third-order valence-electron chi connectivity index (χ3n) is 16.9. The van der Waals surface area contributed by atoms with E-state index in [0.29, 0.717) is 0 Å². The molecule has 13 aromatic rings. The van der Waals surface area contributed by atoms with Crippen molar-refractivity contribution >= 4 is 81.7 Å². The molecule has 81 heavy (non-hydrogen) atoms. The van der Waals surface area contributed by atoms with Crippen molar-refractivity contribution in [3.63, 3.8) is 0 Å². The second-order valence-corrected chi connectivity index (χ2v) is 21.7. The number of rotatable bonds is 18. The zero-order chi connectivity index (χ0) is 54.7. The molecule has 0 aliphatic rings. The van der Waals surface area contributed by atoms with Crippen LogP contribution in [0.3, 0.4) is 0 Å². The van der Waals surface area contributed by atoms with Crippen LogP contribution in [0.15, 0.2) is 237 Å². The van der Waals surface area contributed by atoms with Gasteiger partial charge in [0.1, 0.15) is 0 Å². The van der Waals surface area contributed by atoms with Gasteiger partial charge >= 0.3 is 0 Å². The SMILES string of the molecule is CCc1c(C[n+]2cccc(NCc3c4ccccc4cc4ccccc34)c2)c(CC)c(C[n+]2cccc(NCc3c4ccccc4cc4ccccc34)c2)c(CC)c1C[n+]1cccc(NCc2c3ccccc3cc3ccccc23)c1. The van der Waals surface area contributed by atoms with Crippen LogP contribution in [-0.2, 0) is 58.5 Å². The quantitative estimate of drug-likeness (QED) is 0.0593. The Kier molecular flexibility index (Phi) is 14.4. The summed E-state index contributed by atoms with van der Waals surface area (Å²) in [5.41, 5.74) is 15.9. The molecule has 0 radical (unpaired) electrons. The minimum absolute atomic E-state index is 0.721. The number of aromatic nitrogens is 3. The summed E-state index contributed by atoms with van der Waals surface area (Å²) in [5, 5.41) is 27.0. The van der Waals surface area contributed by atoms with Gasteiger partial charge in [0.15, 0.2) is 56.8 Å². The topological polar surface area (TPSA) is 47.7 Å². The first-order chi connectivity index (χ1) is 40.0. The maximum atomic E-state index is 3.88. The summed E-state index contributed by atoms with van der Waals surface area (Å²) in [5.74, 6) is 0. The Bertz CT molecular complexity index is 3850. The molecule has 0 spiro atoms. The maximum absolute atomic E-state index is 3.88. The fraction of sp³-hybridized carbons (Fsp3) is 0.160. The predicted octanol–water partition coefficient (Wildman–Crippen LogP) is 16.1. The number of nitrogens with one attached hydrogen (secondary N) is 3. The van der Waals surface area contributed by atoms with Gasteiger partial charge < -0.3 is 16.0 Å². The fourth-order valence-corrected chi connectivity index (χ4v) is 13.1. The minimum atomic E-state index is 0.721. The van der Waals surface area contributed by atoms with Crippen molar-refractivity contribution in [1.82, 2.24) is 0 Å². The van der Waals surface area contributed by atoms with Gasteiger partial charge in [-0.25, -0.2) is 0 Å². The Morgan fingerprint density at radius 1 is 0.259 bits per heavy atom. The summed E-state index contributed by atoms with van der Waals surface area (Å²) < 4.78 is 7.21. The summed E-state index contributed by atoms with van der Waals surface area (Å²) in [6, 6.07) is 72.9. The number of anilines is 3. The normalized spacial score (nSPS) is 11.6. The molecular formula is C75H69N6+3. The van der Waals surface area contributed by atoms with Crippen LogP contribution in [0.2, 0.25) is 0 Å². The van der Waals surface area contributed by atoms with Crippen molar-refractivity contribution < 1.29 is 13.7 Å². The lowest BCUT2D eigenvalue weighted by Gasteiger charge is -2.23. The number of pyridine rings is 3. The van der Waals surface area contributed by atoms with Gasteiger partial charge in [0, 0.05) is 54.5 Å². The van der Waals surface area contributed by atoms with Crippen LogP contribution >= 0.6 is 0 Å². The second-order valence-electron chi connectivity index (χ2n) is 21.7. The minimum Gasteiger partial charge on any atom is -0.376 e. The van der Waals surface area contributed by atoms with Crippen molar-refractivity contribution in [2.45, 2.75) is 79.3 Å². The molecule has 0 bridgehead atoms. The van der Waals surface area contributed by atoms with Crippen LogP contribution in [0.25, 0.3) is 64.6 Å². The standard InChI is InChI=1S/C75H69N6/c1-4-61-73(49-79-37-19-28-58(46-79)76-43-70-64-31-13-7-22-52(64)40-53-23-8-14-32-65(53)70)62(5-2)75(51-81-39-21-30-60(48-81)78-45-72-68-35-17-11-26-56(68)42-57-27-12-18-36-69(57)72)63(6-3)74(61)50-80-38-20-29-59(47-80)77-44-71-66-33-15-9-24-54(66)41-55-25-10-16-34-67(55)71/h7-42,46-48,76-78H,4-6,43-45,49-51H2,1-3H3/q+3. The number of hydrogen-bond donors (Lipinski definition) is 3. The highest BCUT2D eigenvalue weighted by Crippen LogP contribution is 2.34. The van der Waals surface area contributed by atoms with Gasteiger partial charge in [0.2, 0.25) is 0 Å². The Balaban J connectivity index is 0.857. The summed E-state index contributed by atoms with van der Waals surface area (Å²) >= 11 is 0. The highest BCUT2D eigenvalue weighted by atomic mass is 15.0.